The van der Waals surface area contributed by atoms with Gasteiger partial charge in [-0.25, -0.2) is 4.39 Å². The summed E-state index contributed by atoms with van der Waals surface area (Å²) in [4.78, 5) is 14.6. The number of halogens is 1. The van der Waals surface area contributed by atoms with Gasteiger partial charge in [0.25, 0.3) is 0 Å². The standard InChI is InChI=1S/C24H29FN4O2S/c1-5-6-14-29-22(19-10-12-21(31-4)13-11-19)26-27-24(29)32-17(2)23(30)28(3)16-18-8-7-9-20(25)15-18/h7-13,15,17H,5-6,14,16H2,1-4H3. The van der Waals surface area contributed by atoms with Gasteiger partial charge in [0.1, 0.15) is 11.6 Å². The lowest BCUT2D eigenvalue weighted by atomic mass is 10.2. The van der Waals surface area contributed by atoms with E-state index in [9.17, 15) is 9.18 Å². The largest absolute Gasteiger partial charge is 0.497 e. The predicted octanol–water partition coefficient (Wildman–Crippen LogP) is 5.03. The van der Waals surface area contributed by atoms with Crippen LogP contribution in [0.2, 0.25) is 0 Å². The van der Waals surface area contributed by atoms with E-state index < -0.39 is 0 Å². The van der Waals surface area contributed by atoms with E-state index in [2.05, 4.69) is 21.7 Å². The van der Waals surface area contributed by atoms with Gasteiger partial charge in [-0.1, -0.05) is 37.2 Å². The number of ether oxygens (including phenoxy) is 1. The van der Waals surface area contributed by atoms with E-state index in [1.54, 1.807) is 25.1 Å². The van der Waals surface area contributed by atoms with E-state index >= 15 is 0 Å². The average Bonchev–Trinajstić information content (AvgIpc) is 3.19. The zero-order valence-electron chi connectivity index (χ0n) is 18.9. The smallest absolute Gasteiger partial charge is 0.235 e. The van der Waals surface area contributed by atoms with Crippen molar-refractivity contribution in [2.24, 2.45) is 0 Å². The quantitative estimate of drug-likeness (QED) is 0.400. The van der Waals surface area contributed by atoms with Crippen molar-refractivity contribution < 1.29 is 13.9 Å². The van der Waals surface area contributed by atoms with Gasteiger partial charge in [-0.05, 0) is 55.3 Å². The third-order valence-corrected chi connectivity index (χ3v) is 6.18. The number of aromatic nitrogens is 3. The molecule has 170 valence electrons. The maximum Gasteiger partial charge on any atom is 0.235 e. The highest BCUT2D eigenvalue weighted by atomic mass is 32.2. The molecule has 1 heterocycles. The lowest BCUT2D eigenvalue weighted by Crippen LogP contribution is -2.33. The van der Waals surface area contributed by atoms with E-state index in [4.69, 9.17) is 4.74 Å². The molecular formula is C24H29FN4O2S. The fourth-order valence-corrected chi connectivity index (χ4v) is 4.34. The Morgan fingerprint density at radius 3 is 2.62 bits per heavy atom. The maximum absolute atomic E-state index is 13.5. The minimum absolute atomic E-state index is 0.0460. The van der Waals surface area contributed by atoms with Gasteiger partial charge in [0.15, 0.2) is 11.0 Å². The molecule has 2 aromatic carbocycles. The Morgan fingerprint density at radius 1 is 1.22 bits per heavy atom. The van der Waals surface area contributed by atoms with Crippen molar-refractivity contribution in [1.29, 1.82) is 0 Å². The highest BCUT2D eigenvalue weighted by molar-refractivity contribution is 8.00. The number of amides is 1. The number of carbonyl (C=O) groups is 1. The second-order valence-corrected chi connectivity index (χ2v) is 8.93. The molecule has 0 N–H and O–H groups in total. The van der Waals surface area contributed by atoms with Gasteiger partial charge in [-0.2, -0.15) is 0 Å². The van der Waals surface area contributed by atoms with E-state index in [0.717, 1.165) is 42.1 Å². The van der Waals surface area contributed by atoms with Crippen LogP contribution in [0.15, 0.2) is 53.7 Å². The SMILES string of the molecule is CCCCn1c(SC(C)C(=O)N(C)Cc2cccc(F)c2)nnc1-c1ccc(OC)cc1. The summed E-state index contributed by atoms with van der Waals surface area (Å²) in [6, 6.07) is 14.0. The molecule has 1 atom stereocenters. The second-order valence-electron chi connectivity index (χ2n) is 7.62. The number of benzene rings is 2. The predicted molar refractivity (Wildman–Crippen MR) is 125 cm³/mol. The van der Waals surface area contributed by atoms with Gasteiger partial charge in [-0.15, -0.1) is 10.2 Å². The third kappa shape index (κ3) is 5.88. The average molecular weight is 457 g/mol. The molecule has 3 aromatic rings. The van der Waals surface area contributed by atoms with Crippen LogP contribution in [0.3, 0.4) is 0 Å². The second kappa shape index (κ2) is 11.1. The Labute approximate surface area is 192 Å². The molecule has 0 aliphatic carbocycles. The van der Waals surface area contributed by atoms with Crippen LogP contribution < -0.4 is 4.74 Å². The molecule has 0 bridgehead atoms. The van der Waals surface area contributed by atoms with Crippen molar-refractivity contribution in [3.8, 4) is 17.1 Å². The van der Waals surface area contributed by atoms with Gasteiger partial charge in [-0.3, -0.25) is 4.79 Å². The van der Waals surface area contributed by atoms with Crippen LogP contribution in [-0.2, 0) is 17.9 Å². The topological polar surface area (TPSA) is 60.2 Å². The Hall–Kier alpha value is -2.87. The van der Waals surface area contributed by atoms with E-state index in [-0.39, 0.29) is 17.0 Å². The van der Waals surface area contributed by atoms with E-state index in [1.807, 2.05) is 37.3 Å². The summed E-state index contributed by atoms with van der Waals surface area (Å²) in [5.74, 6) is 1.20. The summed E-state index contributed by atoms with van der Waals surface area (Å²) in [6.07, 6.45) is 2.02. The molecule has 0 aliphatic rings. The van der Waals surface area contributed by atoms with Gasteiger partial charge >= 0.3 is 0 Å². The number of unbranched alkanes of at least 4 members (excludes halogenated alkanes) is 1. The molecule has 0 saturated carbocycles. The molecular weight excluding hydrogens is 427 g/mol. The summed E-state index contributed by atoms with van der Waals surface area (Å²) in [7, 11) is 3.37. The number of hydrogen-bond acceptors (Lipinski definition) is 5. The Kier molecular flexibility index (Phi) is 8.27. The number of hydrogen-bond donors (Lipinski definition) is 0. The van der Waals surface area contributed by atoms with Gasteiger partial charge in [0.05, 0.1) is 12.4 Å². The first-order chi connectivity index (χ1) is 15.4. The summed E-state index contributed by atoms with van der Waals surface area (Å²) < 4.78 is 20.8. The zero-order valence-corrected chi connectivity index (χ0v) is 19.7. The number of thioether (sulfide) groups is 1. The van der Waals surface area contributed by atoms with Gasteiger partial charge in [0.2, 0.25) is 5.91 Å². The van der Waals surface area contributed by atoms with Crippen molar-refractivity contribution in [1.82, 2.24) is 19.7 Å². The maximum atomic E-state index is 13.5. The molecule has 3 rings (SSSR count). The normalized spacial score (nSPS) is 11.9. The fourth-order valence-electron chi connectivity index (χ4n) is 3.35. The van der Waals surface area contributed by atoms with Crippen LogP contribution in [-0.4, -0.2) is 45.0 Å². The molecule has 1 aromatic heterocycles. The van der Waals surface area contributed by atoms with Crippen LogP contribution in [0.4, 0.5) is 4.39 Å². The molecule has 1 unspecified atom stereocenters. The first-order valence-corrected chi connectivity index (χ1v) is 11.5. The monoisotopic (exact) mass is 456 g/mol. The Balaban J connectivity index is 1.75. The Bertz CT molecular complexity index is 1040. The van der Waals surface area contributed by atoms with Crippen molar-refractivity contribution in [2.45, 2.75) is 50.2 Å². The van der Waals surface area contributed by atoms with Crippen LogP contribution >= 0.6 is 11.8 Å². The minimum atomic E-state index is -0.359. The van der Waals surface area contributed by atoms with Crippen LogP contribution in [0.1, 0.15) is 32.3 Å². The van der Waals surface area contributed by atoms with Gasteiger partial charge < -0.3 is 14.2 Å². The molecule has 0 radical (unpaired) electrons. The highest BCUT2D eigenvalue weighted by Crippen LogP contribution is 2.29. The van der Waals surface area contributed by atoms with Crippen molar-refractivity contribution >= 4 is 17.7 Å². The highest BCUT2D eigenvalue weighted by Gasteiger charge is 2.23. The number of carbonyl (C=O) groups excluding carboxylic acids is 1. The molecule has 1 amide bonds. The third-order valence-electron chi connectivity index (χ3n) is 5.12. The first kappa shape index (κ1) is 23.8. The number of nitrogens with zero attached hydrogens (tertiary/aromatic N) is 4. The first-order valence-electron chi connectivity index (χ1n) is 10.7. The van der Waals surface area contributed by atoms with Crippen molar-refractivity contribution in [3.05, 3.63) is 59.9 Å². The number of methoxy groups -OCH3 is 1. The van der Waals surface area contributed by atoms with Crippen LogP contribution in [0, 0.1) is 5.82 Å². The van der Waals surface area contributed by atoms with E-state index in [1.165, 1.54) is 23.9 Å². The molecule has 0 saturated heterocycles. The molecule has 0 spiro atoms. The van der Waals surface area contributed by atoms with Crippen molar-refractivity contribution in [3.63, 3.8) is 0 Å². The molecule has 6 nitrogen and oxygen atoms in total. The molecule has 8 heteroatoms. The molecule has 0 fully saturated rings. The molecule has 0 aliphatic heterocycles. The van der Waals surface area contributed by atoms with E-state index in [0.29, 0.717) is 11.7 Å². The Morgan fingerprint density at radius 2 is 1.97 bits per heavy atom. The van der Waals surface area contributed by atoms with Gasteiger partial charge in [0, 0.05) is 25.7 Å². The number of rotatable bonds is 10. The summed E-state index contributed by atoms with van der Waals surface area (Å²) in [5.41, 5.74) is 1.70. The lowest BCUT2D eigenvalue weighted by molar-refractivity contribution is -0.129. The zero-order chi connectivity index (χ0) is 23.1. The van der Waals surface area contributed by atoms with Crippen molar-refractivity contribution in [2.75, 3.05) is 14.2 Å². The fraction of sp³-hybridized carbons (Fsp3) is 0.375. The van der Waals surface area contributed by atoms with Crippen LogP contribution in [0.5, 0.6) is 5.75 Å². The summed E-state index contributed by atoms with van der Waals surface area (Å²) in [5, 5.41) is 9.16. The summed E-state index contributed by atoms with van der Waals surface area (Å²) in [6.45, 7) is 5.12. The molecule has 32 heavy (non-hydrogen) atoms. The summed E-state index contributed by atoms with van der Waals surface area (Å²) >= 11 is 1.39. The lowest BCUT2D eigenvalue weighted by Gasteiger charge is -2.21. The minimum Gasteiger partial charge on any atom is -0.497 e. The van der Waals surface area contributed by atoms with Crippen LogP contribution in [0.25, 0.3) is 11.4 Å².